The highest BCUT2D eigenvalue weighted by molar-refractivity contribution is 5.91. The van der Waals surface area contributed by atoms with Gasteiger partial charge in [0.15, 0.2) is 12.2 Å². The van der Waals surface area contributed by atoms with Crippen LogP contribution < -0.4 is 15.4 Å². The van der Waals surface area contributed by atoms with Gasteiger partial charge in [0, 0.05) is 27.7 Å². The summed E-state index contributed by atoms with van der Waals surface area (Å²) in [6, 6.07) is 4.55. The van der Waals surface area contributed by atoms with Gasteiger partial charge in [-0.05, 0) is 19.1 Å². The number of esters is 4. The monoisotopic (exact) mass is 510 g/mol. The van der Waals surface area contributed by atoms with Crippen molar-refractivity contribution in [1.29, 1.82) is 0 Å². The molecular formula is C23H30N2O11. The third-order valence-electron chi connectivity index (χ3n) is 4.72. The van der Waals surface area contributed by atoms with E-state index >= 15 is 0 Å². The van der Waals surface area contributed by atoms with E-state index in [0.29, 0.717) is 18.0 Å². The SMILES string of the molecule is CCOc1ccccc1NC(=O)NC1C(OC(C)=O)OC(COC(C)=O)C(OC(C)=O)C1OC(C)=O. The fraction of sp³-hybridized carbons (Fsp3) is 0.522. The Balaban J connectivity index is 2.39. The van der Waals surface area contributed by atoms with Crippen molar-refractivity contribution in [3.8, 4) is 5.75 Å². The summed E-state index contributed by atoms with van der Waals surface area (Å²) in [5.74, 6) is -2.55. The number of carbonyl (C=O) groups excluding carboxylic acids is 5. The topological polar surface area (TPSA) is 165 Å². The minimum absolute atomic E-state index is 0.339. The molecule has 0 aliphatic carbocycles. The molecule has 1 aromatic rings. The number of nitrogens with one attached hydrogen (secondary N) is 2. The Morgan fingerprint density at radius 3 is 2.06 bits per heavy atom. The number of benzene rings is 1. The second-order valence-corrected chi connectivity index (χ2v) is 7.66. The van der Waals surface area contributed by atoms with Gasteiger partial charge in [0.25, 0.3) is 0 Å². The van der Waals surface area contributed by atoms with Gasteiger partial charge < -0.3 is 39.1 Å². The maximum absolute atomic E-state index is 12.9. The van der Waals surface area contributed by atoms with Crippen LogP contribution in [0.25, 0.3) is 0 Å². The predicted molar refractivity (Wildman–Crippen MR) is 122 cm³/mol. The predicted octanol–water partition coefficient (Wildman–Crippen LogP) is 1.29. The average Bonchev–Trinajstić information content (AvgIpc) is 2.77. The zero-order valence-electron chi connectivity index (χ0n) is 20.6. The lowest BCUT2D eigenvalue weighted by molar-refractivity contribution is -0.270. The zero-order valence-corrected chi connectivity index (χ0v) is 20.6. The molecular weight excluding hydrogens is 480 g/mol. The highest BCUT2D eigenvalue weighted by atomic mass is 16.7. The average molecular weight is 510 g/mol. The highest BCUT2D eigenvalue weighted by Gasteiger charge is 2.52. The van der Waals surface area contributed by atoms with Crippen molar-refractivity contribution in [1.82, 2.24) is 5.32 Å². The quantitative estimate of drug-likeness (QED) is 0.363. The zero-order chi connectivity index (χ0) is 26.8. The number of hydrogen-bond donors (Lipinski definition) is 2. The molecule has 1 aromatic carbocycles. The highest BCUT2D eigenvalue weighted by Crippen LogP contribution is 2.29. The molecule has 0 bridgehead atoms. The summed E-state index contributed by atoms with van der Waals surface area (Å²) >= 11 is 0. The van der Waals surface area contributed by atoms with Gasteiger partial charge in [-0.3, -0.25) is 19.2 Å². The molecule has 1 saturated heterocycles. The van der Waals surface area contributed by atoms with Crippen LogP contribution in [0.1, 0.15) is 34.6 Å². The molecule has 2 N–H and O–H groups in total. The van der Waals surface area contributed by atoms with Crippen molar-refractivity contribution in [3.05, 3.63) is 24.3 Å². The molecule has 5 unspecified atom stereocenters. The standard InChI is InChI=1S/C23H30N2O11/c1-6-31-17-10-8-7-9-16(17)24-23(30)25-19-21(34-14(4)28)20(33-13(3)27)18(11-32-12(2)26)36-22(19)35-15(5)29/h7-10,18-22H,6,11H2,1-5H3,(H2,24,25,30). The van der Waals surface area contributed by atoms with Crippen molar-refractivity contribution >= 4 is 35.6 Å². The molecule has 0 spiro atoms. The number of para-hydroxylation sites is 2. The van der Waals surface area contributed by atoms with Crippen molar-refractivity contribution in [2.24, 2.45) is 0 Å². The summed E-state index contributed by atoms with van der Waals surface area (Å²) in [6.45, 7) is 6.22. The van der Waals surface area contributed by atoms with Crippen LogP contribution in [0.4, 0.5) is 10.5 Å². The van der Waals surface area contributed by atoms with E-state index in [1.54, 1.807) is 31.2 Å². The first-order valence-corrected chi connectivity index (χ1v) is 11.1. The molecule has 13 heteroatoms. The molecule has 36 heavy (non-hydrogen) atoms. The molecule has 1 heterocycles. The van der Waals surface area contributed by atoms with Crippen LogP contribution in [-0.4, -0.2) is 73.8 Å². The first kappa shape index (κ1) is 28.4. The largest absolute Gasteiger partial charge is 0.492 e. The van der Waals surface area contributed by atoms with Gasteiger partial charge in [-0.15, -0.1) is 0 Å². The Morgan fingerprint density at radius 1 is 0.861 bits per heavy atom. The lowest BCUT2D eigenvalue weighted by Gasteiger charge is -2.44. The van der Waals surface area contributed by atoms with E-state index in [4.69, 9.17) is 28.4 Å². The van der Waals surface area contributed by atoms with Crippen LogP contribution in [-0.2, 0) is 42.9 Å². The van der Waals surface area contributed by atoms with Crippen molar-refractivity contribution in [2.45, 2.75) is 65.3 Å². The Hall–Kier alpha value is -3.87. The van der Waals surface area contributed by atoms with Gasteiger partial charge in [-0.25, -0.2) is 4.79 Å². The number of carbonyl (C=O) groups is 5. The Morgan fingerprint density at radius 2 is 1.47 bits per heavy atom. The molecule has 2 amide bonds. The fourth-order valence-electron chi connectivity index (χ4n) is 3.48. The van der Waals surface area contributed by atoms with E-state index in [1.165, 1.54) is 0 Å². The van der Waals surface area contributed by atoms with E-state index < -0.39 is 67.2 Å². The minimum atomic E-state index is -1.49. The van der Waals surface area contributed by atoms with Crippen molar-refractivity contribution in [3.63, 3.8) is 0 Å². The maximum atomic E-state index is 12.9. The van der Waals surface area contributed by atoms with Crippen LogP contribution in [0, 0.1) is 0 Å². The molecule has 5 atom stereocenters. The van der Waals surface area contributed by atoms with Gasteiger partial charge in [0.2, 0.25) is 6.29 Å². The van der Waals surface area contributed by atoms with Crippen LogP contribution in [0.2, 0.25) is 0 Å². The summed E-state index contributed by atoms with van der Waals surface area (Å²) in [5, 5.41) is 5.16. The smallest absolute Gasteiger partial charge is 0.319 e. The molecule has 1 fully saturated rings. The van der Waals surface area contributed by atoms with Crippen molar-refractivity contribution in [2.75, 3.05) is 18.5 Å². The van der Waals surface area contributed by atoms with Gasteiger partial charge in [-0.2, -0.15) is 0 Å². The molecule has 1 aliphatic rings. The van der Waals surface area contributed by atoms with Crippen LogP contribution in [0.15, 0.2) is 24.3 Å². The summed E-state index contributed by atoms with van der Waals surface area (Å²) in [6.07, 6.45) is -5.38. The normalized spacial score (nSPS) is 23.0. The minimum Gasteiger partial charge on any atom is -0.492 e. The molecule has 0 aromatic heterocycles. The van der Waals surface area contributed by atoms with E-state index in [2.05, 4.69) is 10.6 Å². The molecule has 13 nitrogen and oxygen atoms in total. The molecule has 2 rings (SSSR count). The number of anilines is 1. The molecule has 1 aliphatic heterocycles. The van der Waals surface area contributed by atoms with Crippen LogP contribution >= 0.6 is 0 Å². The first-order chi connectivity index (χ1) is 17.0. The summed E-state index contributed by atoms with van der Waals surface area (Å²) in [7, 11) is 0. The van der Waals surface area contributed by atoms with Gasteiger partial charge in [-0.1, -0.05) is 12.1 Å². The Bertz CT molecular complexity index is 967. The second kappa shape index (κ2) is 13.3. The molecule has 198 valence electrons. The van der Waals surface area contributed by atoms with Gasteiger partial charge in [0.05, 0.1) is 12.3 Å². The van der Waals surface area contributed by atoms with E-state index in [0.717, 1.165) is 27.7 Å². The lowest BCUT2D eigenvalue weighted by atomic mass is 9.96. The number of amides is 2. The van der Waals surface area contributed by atoms with Crippen LogP contribution in [0.5, 0.6) is 5.75 Å². The third kappa shape index (κ3) is 8.41. The first-order valence-electron chi connectivity index (χ1n) is 11.1. The number of hydrogen-bond acceptors (Lipinski definition) is 11. The summed E-state index contributed by atoms with van der Waals surface area (Å²) < 4.78 is 32.1. The molecule has 0 radical (unpaired) electrons. The Kier molecular flexibility index (Phi) is 10.5. The molecule has 0 saturated carbocycles. The summed E-state index contributed by atoms with van der Waals surface area (Å²) in [5.41, 5.74) is 0.339. The van der Waals surface area contributed by atoms with Gasteiger partial charge >= 0.3 is 29.9 Å². The maximum Gasteiger partial charge on any atom is 0.319 e. The van der Waals surface area contributed by atoms with E-state index in [-0.39, 0.29) is 0 Å². The van der Waals surface area contributed by atoms with E-state index in [1.807, 2.05) is 0 Å². The lowest BCUT2D eigenvalue weighted by Crippen LogP contribution is -2.67. The fourth-order valence-corrected chi connectivity index (χ4v) is 3.48. The van der Waals surface area contributed by atoms with E-state index in [9.17, 15) is 24.0 Å². The number of rotatable bonds is 9. The number of urea groups is 1. The summed E-state index contributed by atoms with van der Waals surface area (Å²) in [4.78, 5) is 59.9. The Labute approximate surface area is 207 Å². The second-order valence-electron chi connectivity index (χ2n) is 7.66. The third-order valence-corrected chi connectivity index (χ3v) is 4.72. The van der Waals surface area contributed by atoms with Crippen molar-refractivity contribution < 1.29 is 52.4 Å². The number of ether oxygens (including phenoxy) is 6. The van der Waals surface area contributed by atoms with Gasteiger partial charge in [0.1, 0.15) is 24.5 Å². The van der Waals surface area contributed by atoms with Crippen LogP contribution in [0.3, 0.4) is 0 Å².